The Hall–Kier alpha value is -2.66. The second-order valence-corrected chi connectivity index (χ2v) is 6.85. The molecule has 0 radical (unpaired) electrons. The van der Waals surface area contributed by atoms with E-state index in [0.29, 0.717) is 0 Å². The summed E-state index contributed by atoms with van der Waals surface area (Å²) in [5, 5.41) is 15.0. The van der Waals surface area contributed by atoms with Crippen molar-refractivity contribution in [3.05, 3.63) is 63.4 Å². The van der Waals surface area contributed by atoms with Crippen molar-refractivity contribution in [3.8, 4) is 5.88 Å². The molecule has 0 bridgehead atoms. The van der Waals surface area contributed by atoms with Gasteiger partial charge in [0.2, 0.25) is 5.88 Å². The Kier molecular flexibility index (Phi) is 3.81. The summed E-state index contributed by atoms with van der Waals surface area (Å²) in [5.74, 6) is 0.0103. The van der Waals surface area contributed by atoms with Crippen LogP contribution in [0.2, 0.25) is 0 Å². The predicted octanol–water partition coefficient (Wildman–Crippen LogP) is 1.34. The summed E-state index contributed by atoms with van der Waals surface area (Å²) in [7, 11) is 4.15. The van der Waals surface area contributed by atoms with Crippen molar-refractivity contribution < 1.29 is 5.11 Å². The van der Waals surface area contributed by atoms with E-state index >= 15 is 0 Å². The van der Waals surface area contributed by atoms with Gasteiger partial charge in [-0.25, -0.2) is 9.98 Å². The lowest BCUT2D eigenvalue weighted by atomic mass is 9.86. The highest BCUT2D eigenvalue weighted by Crippen LogP contribution is 2.38. The number of fused-ring (bicyclic) bond motifs is 4. The predicted molar refractivity (Wildman–Crippen MR) is 99.2 cm³/mol. The first-order valence-electron chi connectivity index (χ1n) is 8.54. The number of nitrogens with one attached hydrogen (secondary N) is 1. The van der Waals surface area contributed by atoms with Crippen LogP contribution in [0.1, 0.15) is 16.7 Å². The normalized spacial score (nSPS) is 14.6. The van der Waals surface area contributed by atoms with Crippen molar-refractivity contribution in [2.75, 3.05) is 32.5 Å². The van der Waals surface area contributed by atoms with Crippen LogP contribution in [-0.4, -0.2) is 42.2 Å². The number of aromatic hydroxyl groups is 1. The Morgan fingerprint density at radius 2 is 2.12 bits per heavy atom. The molecular weight excluding hydrogens is 312 g/mol. The van der Waals surface area contributed by atoms with Crippen molar-refractivity contribution in [2.24, 2.45) is 4.99 Å². The average Bonchev–Trinajstić information content (AvgIpc) is 2.94. The first-order valence-corrected chi connectivity index (χ1v) is 8.54. The minimum absolute atomic E-state index is 0.0103. The molecule has 2 aliphatic rings. The van der Waals surface area contributed by atoms with Gasteiger partial charge >= 0.3 is 0 Å². The second kappa shape index (κ2) is 6.01. The molecule has 0 saturated carbocycles. The molecule has 5 heteroatoms. The molecule has 0 fully saturated rings. The number of aryl methyl sites for hydroxylation is 1. The fraction of sp³-hybridized carbons (Fsp3) is 0.300. The Balaban J connectivity index is 1.89. The fourth-order valence-corrected chi connectivity index (χ4v) is 3.51. The van der Waals surface area contributed by atoms with Crippen molar-refractivity contribution in [1.29, 1.82) is 0 Å². The van der Waals surface area contributed by atoms with Crippen LogP contribution < -0.4 is 15.9 Å². The molecule has 0 amide bonds. The zero-order valence-corrected chi connectivity index (χ0v) is 14.8. The summed E-state index contributed by atoms with van der Waals surface area (Å²) in [4.78, 5) is 10.9. The quantitative estimate of drug-likeness (QED) is 0.886. The summed E-state index contributed by atoms with van der Waals surface area (Å²) in [6.45, 7) is 4.01. The molecular formula is C20H22N4O. The molecule has 1 aromatic carbocycles. The number of pyridine rings is 1. The summed E-state index contributed by atoms with van der Waals surface area (Å²) < 4.78 is 0. The van der Waals surface area contributed by atoms with Crippen LogP contribution in [0.15, 0.2) is 41.2 Å². The number of aromatic nitrogens is 1. The number of anilines is 1. The van der Waals surface area contributed by atoms with Gasteiger partial charge in [0.05, 0.1) is 11.1 Å². The summed E-state index contributed by atoms with van der Waals surface area (Å²) >= 11 is 0. The number of hydrogen-bond donors (Lipinski definition) is 2. The molecule has 25 heavy (non-hydrogen) atoms. The third-order valence-corrected chi connectivity index (χ3v) is 4.81. The Bertz CT molecular complexity index is 1010. The monoisotopic (exact) mass is 334 g/mol. The smallest absolute Gasteiger partial charge is 0.212 e. The van der Waals surface area contributed by atoms with Gasteiger partial charge < -0.3 is 15.3 Å². The molecule has 0 saturated heterocycles. The third kappa shape index (κ3) is 2.70. The second-order valence-electron chi connectivity index (χ2n) is 6.85. The van der Waals surface area contributed by atoms with E-state index in [1.807, 2.05) is 0 Å². The Morgan fingerprint density at radius 3 is 2.92 bits per heavy atom. The zero-order valence-electron chi connectivity index (χ0n) is 14.8. The van der Waals surface area contributed by atoms with Gasteiger partial charge in [0.15, 0.2) is 0 Å². The van der Waals surface area contributed by atoms with Crippen molar-refractivity contribution in [1.82, 2.24) is 9.88 Å². The lowest BCUT2D eigenvalue weighted by molar-refractivity contribution is 0.425. The van der Waals surface area contributed by atoms with Gasteiger partial charge in [0.1, 0.15) is 0 Å². The molecule has 5 nitrogen and oxygen atoms in total. The third-order valence-electron chi connectivity index (χ3n) is 4.81. The van der Waals surface area contributed by atoms with Gasteiger partial charge in [-0.15, -0.1) is 0 Å². The molecule has 0 spiro atoms. The van der Waals surface area contributed by atoms with Crippen LogP contribution in [0.5, 0.6) is 5.88 Å². The van der Waals surface area contributed by atoms with Crippen LogP contribution in [0.25, 0.3) is 5.57 Å². The van der Waals surface area contributed by atoms with E-state index in [0.717, 1.165) is 47.0 Å². The minimum Gasteiger partial charge on any atom is -0.493 e. The van der Waals surface area contributed by atoms with Gasteiger partial charge in [0.25, 0.3) is 0 Å². The summed E-state index contributed by atoms with van der Waals surface area (Å²) in [6.07, 6.45) is 4.77. The van der Waals surface area contributed by atoms with E-state index in [9.17, 15) is 5.11 Å². The van der Waals surface area contributed by atoms with E-state index in [-0.39, 0.29) is 5.88 Å². The van der Waals surface area contributed by atoms with E-state index < -0.39 is 0 Å². The average molecular weight is 334 g/mol. The van der Waals surface area contributed by atoms with Crippen LogP contribution in [-0.2, 0) is 6.42 Å². The maximum atomic E-state index is 9.68. The van der Waals surface area contributed by atoms with E-state index in [1.54, 1.807) is 12.3 Å². The van der Waals surface area contributed by atoms with Crippen LogP contribution in [0.3, 0.4) is 0 Å². The van der Waals surface area contributed by atoms with Gasteiger partial charge in [-0.2, -0.15) is 0 Å². The van der Waals surface area contributed by atoms with Gasteiger partial charge in [-0.05, 0) is 44.6 Å². The van der Waals surface area contributed by atoms with E-state index in [2.05, 4.69) is 54.4 Å². The number of benzene rings is 1. The SMILES string of the molecule is Cc1ccc(NCCN(C)C)c2c1CC=C1N=c3cc(O)ncc3=C12. The van der Waals surface area contributed by atoms with Gasteiger partial charge in [0, 0.05) is 47.4 Å². The number of allylic oxidation sites excluding steroid dienone is 2. The molecule has 128 valence electrons. The van der Waals surface area contributed by atoms with Crippen molar-refractivity contribution in [3.63, 3.8) is 0 Å². The lowest BCUT2D eigenvalue weighted by Gasteiger charge is -2.23. The number of nitrogens with zero attached hydrogens (tertiary/aromatic N) is 3. The molecule has 2 N–H and O–H groups in total. The Labute approximate surface area is 147 Å². The van der Waals surface area contributed by atoms with Crippen LogP contribution in [0, 0.1) is 6.92 Å². The largest absolute Gasteiger partial charge is 0.493 e. The molecule has 1 aliphatic carbocycles. The maximum absolute atomic E-state index is 9.68. The van der Waals surface area contributed by atoms with Gasteiger partial charge in [-0.3, -0.25) is 0 Å². The first-order chi connectivity index (χ1) is 12.0. The number of rotatable bonds is 4. The van der Waals surface area contributed by atoms with Crippen LogP contribution in [0.4, 0.5) is 5.69 Å². The molecule has 2 aromatic rings. The fourth-order valence-electron chi connectivity index (χ4n) is 3.51. The highest BCUT2D eigenvalue weighted by atomic mass is 16.3. The molecule has 1 aromatic heterocycles. The number of likely N-dealkylation sites (N-methyl/N-ethyl adjacent to an activating group) is 1. The van der Waals surface area contributed by atoms with E-state index in [1.165, 1.54) is 16.7 Å². The molecule has 1 aliphatic heterocycles. The van der Waals surface area contributed by atoms with Gasteiger partial charge in [-0.1, -0.05) is 12.1 Å². The molecule has 4 rings (SSSR count). The highest BCUT2D eigenvalue weighted by molar-refractivity contribution is 5.90. The molecule has 0 atom stereocenters. The maximum Gasteiger partial charge on any atom is 0.212 e. The zero-order chi connectivity index (χ0) is 17.6. The first kappa shape index (κ1) is 15.8. The number of hydrogen-bond acceptors (Lipinski definition) is 5. The molecule has 0 unspecified atom stereocenters. The lowest BCUT2D eigenvalue weighted by Crippen LogP contribution is -2.25. The van der Waals surface area contributed by atoms with Crippen molar-refractivity contribution >= 4 is 11.3 Å². The standard InChI is InChI=1S/C20H22N4O/c1-12-4-6-15(21-8-9-24(2)3)19-13(12)5-7-16-20(19)14-11-22-18(25)10-17(14)23-16/h4,6-7,10-11,21,25H,5,8-9H2,1-3H3. The van der Waals surface area contributed by atoms with Crippen LogP contribution >= 0.6 is 0 Å². The summed E-state index contributed by atoms with van der Waals surface area (Å²) in [6, 6.07) is 5.97. The summed E-state index contributed by atoms with van der Waals surface area (Å²) in [5.41, 5.74) is 7.10. The minimum atomic E-state index is 0.0103. The van der Waals surface area contributed by atoms with Crippen molar-refractivity contribution in [2.45, 2.75) is 13.3 Å². The topological polar surface area (TPSA) is 60.8 Å². The Morgan fingerprint density at radius 1 is 1.28 bits per heavy atom. The van der Waals surface area contributed by atoms with E-state index in [4.69, 9.17) is 4.99 Å². The molecule has 2 heterocycles. The highest BCUT2D eigenvalue weighted by Gasteiger charge is 2.25.